The van der Waals surface area contributed by atoms with Gasteiger partial charge in [-0.3, -0.25) is 0 Å². The third kappa shape index (κ3) is 1.59. The molecule has 2 rings (SSSR count). The zero-order valence-corrected chi connectivity index (χ0v) is 9.55. The Kier molecular flexibility index (Phi) is 2.61. The molecule has 1 aliphatic carbocycles. The highest BCUT2D eigenvalue weighted by molar-refractivity contribution is 4.99. The Morgan fingerprint density at radius 3 is 2.07 bits per heavy atom. The van der Waals surface area contributed by atoms with E-state index in [0.29, 0.717) is 0 Å². The summed E-state index contributed by atoms with van der Waals surface area (Å²) in [6.07, 6.45) is 9.97. The summed E-state index contributed by atoms with van der Waals surface area (Å²) in [5, 5.41) is 12.1. The van der Waals surface area contributed by atoms with E-state index in [-0.39, 0.29) is 11.1 Å². The zero-order valence-electron chi connectivity index (χ0n) is 9.55. The van der Waals surface area contributed by atoms with Crippen molar-refractivity contribution in [1.82, 2.24) is 5.06 Å². The van der Waals surface area contributed by atoms with Gasteiger partial charge in [-0.2, -0.15) is 5.06 Å². The maximum atomic E-state index is 10.3. The van der Waals surface area contributed by atoms with E-state index in [1.54, 1.807) is 5.06 Å². The summed E-state index contributed by atoms with van der Waals surface area (Å²) in [5.41, 5.74) is 0.135. The van der Waals surface area contributed by atoms with Gasteiger partial charge in [-0.1, -0.05) is 19.3 Å². The summed E-state index contributed by atoms with van der Waals surface area (Å²) in [6.45, 7) is 4.34. The molecule has 1 saturated heterocycles. The molecule has 0 atom stereocenters. The lowest BCUT2D eigenvalue weighted by atomic mass is 9.72. The first kappa shape index (κ1) is 10.4. The average molecular weight is 197 g/mol. The van der Waals surface area contributed by atoms with Crippen LogP contribution in [0.1, 0.15) is 65.2 Å². The minimum atomic E-state index is -0.00438. The van der Waals surface area contributed by atoms with Crippen molar-refractivity contribution in [3.05, 3.63) is 0 Å². The van der Waals surface area contributed by atoms with E-state index in [2.05, 4.69) is 13.8 Å². The van der Waals surface area contributed by atoms with E-state index in [1.807, 2.05) is 0 Å². The van der Waals surface area contributed by atoms with Crippen molar-refractivity contribution < 1.29 is 5.21 Å². The van der Waals surface area contributed by atoms with Gasteiger partial charge in [-0.05, 0) is 46.0 Å². The lowest BCUT2D eigenvalue weighted by Gasteiger charge is -2.53. The summed E-state index contributed by atoms with van der Waals surface area (Å²) in [5.74, 6) is 0. The van der Waals surface area contributed by atoms with Crippen LogP contribution < -0.4 is 0 Å². The molecule has 0 unspecified atom stereocenters. The van der Waals surface area contributed by atoms with Gasteiger partial charge in [0.2, 0.25) is 0 Å². The van der Waals surface area contributed by atoms with Crippen LogP contribution in [-0.2, 0) is 0 Å². The Labute approximate surface area is 87.3 Å². The number of hydroxylamine groups is 2. The molecule has 1 aliphatic heterocycles. The molecule has 0 aromatic heterocycles. The maximum Gasteiger partial charge on any atom is 0.0466 e. The molecule has 2 fully saturated rings. The van der Waals surface area contributed by atoms with Crippen molar-refractivity contribution >= 4 is 0 Å². The molecule has 14 heavy (non-hydrogen) atoms. The van der Waals surface area contributed by atoms with Crippen LogP contribution in [0.2, 0.25) is 0 Å². The van der Waals surface area contributed by atoms with Gasteiger partial charge < -0.3 is 5.21 Å². The van der Waals surface area contributed by atoms with Gasteiger partial charge in [0, 0.05) is 11.1 Å². The summed E-state index contributed by atoms with van der Waals surface area (Å²) < 4.78 is 0. The zero-order chi connectivity index (χ0) is 10.2. The normalized spacial score (nSPS) is 31.9. The Morgan fingerprint density at radius 1 is 0.857 bits per heavy atom. The fourth-order valence-corrected chi connectivity index (χ4v) is 3.38. The highest BCUT2D eigenvalue weighted by atomic mass is 16.5. The third-order valence-corrected chi connectivity index (χ3v) is 4.24. The topological polar surface area (TPSA) is 23.5 Å². The van der Waals surface area contributed by atoms with Crippen LogP contribution in [0.5, 0.6) is 0 Å². The Morgan fingerprint density at radius 2 is 1.43 bits per heavy atom. The lowest BCUT2D eigenvalue weighted by molar-refractivity contribution is -0.260. The van der Waals surface area contributed by atoms with Crippen LogP contribution in [0.15, 0.2) is 0 Å². The molecular weight excluding hydrogens is 174 g/mol. The molecule has 2 heteroatoms. The van der Waals surface area contributed by atoms with Crippen LogP contribution in [0.3, 0.4) is 0 Å². The SMILES string of the molecule is CC1(C)CCCC2(CCCCC2)N1O. The molecule has 0 amide bonds. The largest absolute Gasteiger partial charge is 0.313 e. The fraction of sp³-hybridized carbons (Fsp3) is 1.00. The van der Waals surface area contributed by atoms with Crippen molar-refractivity contribution in [2.75, 3.05) is 0 Å². The second-order valence-corrected chi connectivity index (χ2v) is 5.76. The van der Waals surface area contributed by atoms with E-state index in [0.717, 1.165) is 6.42 Å². The molecule has 0 aromatic carbocycles. The smallest absolute Gasteiger partial charge is 0.0466 e. The first-order chi connectivity index (χ1) is 6.57. The Balaban J connectivity index is 2.16. The molecule has 0 radical (unpaired) electrons. The van der Waals surface area contributed by atoms with Gasteiger partial charge in [0.15, 0.2) is 0 Å². The van der Waals surface area contributed by atoms with Gasteiger partial charge in [0.1, 0.15) is 0 Å². The second-order valence-electron chi connectivity index (χ2n) is 5.76. The van der Waals surface area contributed by atoms with Gasteiger partial charge >= 0.3 is 0 Å². The van der Waals surface area contributed by atoms with Crippen LogP contribution in [0.4, 0.5) is 0 Å². The number of piperidine rings is 1. The summed E-state index contributed by atoms with van der Waals surface area (Å²) in [4.78, 5) is 0. The Bertz CT molecular complexity index is 201. The number of hydrogen-bond donors (Lipinski definition) is 1. The molecule has 2 nitrogen and oxygen atoms in total. The predicted molar refractivity (Wildman–Crippen MR) is 57.4 cm³/mol. The highest BCUT2D eigenvalue weighted by Gasteiger charge is 2.46. The molecule has 2 aliphatic rings. The highest BCUT2D eigenvalue weighted by Crippen LogP contribution is 2.45. The summed E-state index contributed by atoms with van der Waals surface area (Å²) in [7, 11) is 0. The Hall–Kier alpha value is -0.0800. The van der Waals surface area contributed by atoms with Gasteiger partial charge in [-0.25, -0.2) is 0 Å². The first-order valence-corrected chi connectivity index (χ1v) is 6.06. The van der Waals surface area contributed by atoms with Crippen LogP contribution in [0, 0.1) is 0 Å². The molecule has 1 saturated carbocycles. The average Bonchev–Trinajstić information content (AvgIpc) is 2.16. The van der Waals surface area contributed by atoms with Crippen molar-refractivity contribution in [2.45, 2.75) is 76.3 Å². The van der Waals surface area contributed by atoms with E-state index in [9.17, 15) is 5.21 Å². The number of hydrogen-bond acceptors (Lipinski definition) is 2. The standard InChI is InChI=1S/C12H23NO/c1-11(2)7-6-10-12(13(11)14)8-4-3-5-9-12/h14H,3-10H2,1-2H3. The van der Waals surface area contributed by atoms with Crippen LogP contribution >= 0.6 is 0 Å². The van der Waals surface area contributed by atoms with Crippen molar-refractivity contribution in [3.63, 3.8) is 0 Å². The molecule has 1 N–H and O–H groups in total. The van der Waals surface area contributed by atoms with E-state index in [4.69, 9.17) is 0 Å². The summed E-state index contributed by atoms with van der Waals surface area (Å²) >= 11 is 0. The predicted octanol–water partition coefficient (Wildman–Crippen LogP) is 3.34. The number of nitrogens with zero attached hydrogens (tertiary/aromatic N) is 1. The van der Waals surface area contributed by atoms with Crippen molar-refractivity contribution in [2.24, 2.45) is 0 Å². The summed E-state index contributed by atoms with van der Waals surface area (Å²) in [6, 6.07) is 0. The minimum absolute atomic E-state index is 0.00438. The van der Waals surface area contributed by atoms with Gasteiger partial charge in [0.25, 0.3) is 0 Å². The molecule has 1 heterocycles. The quantitative estimate of drug-likeness (QED) is 0.644. The fourth-order valence-electron chi connectivity index (χ4n) is 3.38. The van der Waals surface area contributed by atoms with E-state index in [1.165, 1.54) is 44.9 Å². The molecule has 1 spiro atoms. The van der Waals surface area contributed by atoms with Crippen LogP contribution in [-0.4, -0.2) is 21.3 Å². The van der Waals surface area contributed by atoms with Gasteiger partial charge in [0.05, 0.1) is 0 Å². The molecule has 0 aromatic rings. The molecule has 82 valence electrons. The van der Waals surface area contributed by atoms with Crippen molar-refractivity contribution in [1.29, 1.82) is 0 Å². The maximum absolute atomic E-state index is 10.3. The monoisotopic (exact) mass is 197 g/mol. The van der Waals surface area contributed by atoms with Crippen molar-refractivity contribution in [3.8, 4) is 0 Å². The van der Waals surface area contributed by atoms with E-state index < -0.39 is 0 Å². The second kappa shape index (κ2) is 3.49. The van der Waals surface area contributed by atoms with E-state index >= 15 is 0 Å². The lowest BCUT2D eigenvalue weighted by Crippen LogP contribution is -2.60. The third-order valence-electron chi connectivity index (χ3n) is 4.24. The number of rotatable bonds is 0. The van der Waals surface area contributed by atoms with Crippen LogP contribution in [0.25, 0.3) is 0 Å². The minimum Gasteiger partial charge on any atom is -0.313 e. The van der Waals surface area contributed by atoms with Gasteiger partial charge in [-0.15, -0.1) is 0 Å². The molecule has 0 bridgehead atoms. The molecular formula is C12H23NO. The first-order valence-electron chi connectivity index (χ1n) is 6.06.